The van der Waals surface area contributed by atoms with E-state index in [1.807, 2.05) is 12.1 Å². The molecule has 17 nitrogen and oxygen atoms in total. The van der Waals surface area contributed by atoms with Crippen molar-refractivity contribution in [1.82, 2.24) is 0 Å². The van der Waals surface area contributed by atoms with Crippen LogP contribution in [0.2, 0.25) is 0 Å². The van der Waals surface area contributed by atoms with Gasteiger partial charge in [0.25, 0.3) is 0 Å². The van der Waals surface area contributed by atoms with E-state index >= 15 is 0 Å². The lowest BCUT2D eigenvalue weighted by Gasteiger charge is -2.11. The van der Waals surface area contributed by atoms with E-state index in [4.69, 9.17) is 47.4 Å². The first kappa shape index (κ1) is 62.1. The lowest BCUT2D eigenvalue weighted by atomic mass is 10.2. The van der Waals surface area contributed by atoms with E-state index in [-0.39, 0.29) is 0 Å². The molecule has 0 heterocycles. The normalized spacial score (nSPS) is 10.2. The highest BCUT2D eigenvalue weighted by Crippen LogP contribution is 2.26. The molecule has 0 aliphatic rings. The minimum atomic E-state index is -0.548. The summed E-state index contributed by atoms with van der Waals surface area (Å²) in [6.45, 7) is 16.0. The number of carbonyl (C=O) groups excluding carboxylic acids is 7. The maximum absolute atomic E-state index is 12.7. The van der Waals surface area contributed by atoms with Gasteiger partial charge in [-0.25, -0.2) is 33.6 Å². The fourth-order valence-electron chi connectivity index (χ4n) is 6.85. The van der Waals surface area contributed by atoms with Gasteiger partial charge in [-0.15, -0.1) is 0 Å². The summed E-state index contributed by atoms with van der Waals surface area (Å²) in [5.41, 5.74) is 3.15. The molecule has 17 heteroatoms. The molecule has 0 aliphatic carbocycles. The van der Waals surface area contributed by atoms with Gasteiger partial charge in [0.05, 0.1) is 61.9 Å². The van der Waals surface area contributed by atoms with Crippen molar-refractivity contribution in [3.05, 3.63) is 211 Å². The number of aryl methyl sites for hydroxylation is 2. The van der Waals surface area contributed by atoms with Crippen LogP contribution >= 0.6 is 0 Å². The molecule has 0 atom stereocenters. The quantitative estimate of drug-likeness (QED) is 0.0135. The summed E-state index contributed by atoms with van der Waals surface area (Å²) in [7, 11) is 0. The van der Waals surface area contributed by atoms with E-state index in [9.17, 15) is 33.6 Å². The highest BCUT2D eigenvalue weighted by molar-refractivity contribution is 5.94. The van der Waals surface area contributed by atoms with Crippen LogP contribution in [-0.2, 0) is 35.0 Å². The van der Waals surface area contributed by atoms with E-state index in [1.165, 1.54) is 0 Å². The number of rotatable bonds is 30. The summed E-state index contributed by atoms with van der Waals surface area (Å²) in [5, 5.41) is 0. The molecule has 0 saturated carbocycles. The molecule has 6 aromatic carbocycles. The Morgan fingerprint density at radius 3 is 0.963 bits per heavy atom. The molecule has 422 valence electrons. The molecule has 0 fully saturated rings. The van der Waals surface area contributed by atoms with Crippen LogP contribution in [0, 0.1) is 6.92 Å². The lowest BCUT2D eigenvalue weighted by Crippen LogP contribution is -2.11. The van der Waals surface area contributed by atoms with E-state index in [0.717, 1.165) is 30.2 Å². The van der Waals surface area contributed by atoms with Gasteiger partial charge >= 0.3 is 41.8 Å². The van der Waals surface area contributed by atoms with Crippen molar-refractivity contribution >= 4 is 41.8 Å². The molecule has 0 bridgehead atoms. The number of ether oxygens (including phenoxy) is 10. The van der Waals surface area contributed by atoms with E-state index in [1.54, 1.807) is 134 Å². The number of esters is 7. The van der Waals surface area contributed by atoms with Crippen molar-refractivity contribution in [1.29, 1.82) is 0 Å². The van der Waals surface area contributed by atoms with E-state index < -0.39 is 41.8 Å². The highest BCUT2D eigenvalue weighted by atomic mass is 16.6. The topological polar surface area (TPSA) is 212 Å². The molecular formula is C64H64O17. The second-order valence-electron chi connectivity index (χ2n) is 17.4. The summed E-state index contributed by atoms with van der Waals surface area (Å²) < 4.78 is 53.5. The number of hydrogen-bond donors (Lipinski definition) is 0. The van der Waals surface area contributed by atoms with E-state index in [0.29, 0.717) is 146 Å². The summed E-state index contributed by atoms with van der Waals surface area (Å²) in [6.07, 6.45) is 8.37. The largest absolute Gasteiger partial charge is 0.494 e. The Hall–Kier alpha value is -9.77. The molecule has 6 rings (SSSR count). The van der Waals surface area contributed by atoms with Crippen LogP contribution in [0.25, 0.3) is 0 Å². The third-order valence-corrected chi connectivity index (χ3v) is 11.3. The number of carbonyl (C=O) groups is 7. The molecule has 81 heavy (non-hydrogen) atoms. The first-order valence-corrected chi connectivity index (χ1v) is 26.0. The van der Waals surface area contributed by atoms with Crippen LogP contribution < -0.4 is 33.2 Å². The molecular weight excluding hydrogens is 1040 g/mol. The Balaban J connectivity index is 0.000000305. The number of benzene rings is 6. The molecule has 0 spiro atoms. The van der Waals surface area contributed by atoms with Crippen LogP contribution in [0.3, 0.4) is 0 Å². The smallest absolute Gasteiger partial charge is 0.343 e. The van der Waals surface area contributed by atoms with Crippen LogP contribution in [0.1, 0.15) is 98.0 Å². The molecule has 6 aromatic rings. The monoisotopic (exact) mass is 1100 g/mol. The fraction of sp³-hybridized carbons (Fsp3) is 0.234. The average Bonchev–Trinajstić information content (AvgIpc) is 3.54. The molecule has 0 aromatic heterocycles. The van der Waals surface area contributed by atoms with Crippen molar-refractivity contribution < 1.29 is 80.9 Å². The number of unbranched alkanes of at least 4 members (excludes halogenated alkanes) is 3. The molecule has 0 aliphatic heterocycles. The van der Waals surface area contributed by atoms with Crippen molar-refractivity contribution in [2.45, 2.75) is 58.8 Å². The first-order valence-electron chi connectivity index (χ1n) is 26.0. The zero-order valence-electron chi connectivity index (χ0n) is 45.3. The Morgan fingerprint density at radius 1 is 0.358 bits per heavy atom. The zero-order valence-corrected chi connectivity index (χ0v) is 45.3. The zero-order chi connectivity index (χ0) is 58.2. The minimum Gasteiger partial charge on any atom is -0.494 e. The molecule has 0 N–H and O–H groups in total. The predicted molar refractivity (Wildman–Crippen MR) is 300 cm³/mol. The Kier molecular flexibility index (Phi) is 26.2. The Bertz CT molecular complexity index is 3040. The van der Waals surface area contributed by atoms with Crippen LogP contribution in [0.15, 0.2) is 177 Å². The maximum atomic E-state index is 12.7. The summed E-state index contributed by atoms with van der Waals surface area (Å²) in [6, 6.07) is 37.9. The van der Waals surface area contributed by atoms with Crippen LogP contribution in [-0.4, -0.2) is 81.4 Å². The predicted octanol–water partition coefficient (Wildman–Crippen LogP) is 11.8. The van der Waals surface area contributed by atoms with Crippen molar-refractivity contribution in [3.63, 3.8) is 0 Å². The SMILES string of the molecule is C=CC(=O)OCCCCOc1ccc(C(=O)Oc2ccc(C(=O)Oc3ccc(CC)cc3)cc2)cc1.C=CC(=O)OCCCCOc1ccc(C(=O)Oc2ccc(OC(=O)c3ccc(OCCCCOC(=O)C=C)cc3)c(C)c2)cc1. The van der Waals surface area contributed by atoms with Crippen molar-refractivity contribution in [2.24, 2.45) is 0 Å². The molecule has 0 unspecified atom stereocenters. The maximum Gasteiger partial charge on any atom is 0.343 e. The van der Waals surface area contributed by atoms with Gasteiger partial charge in [-0.3, -0.25) is 0 Å². The third-order valence-electron chi connectivity index (χ3n) is 11.3. The molecule has 0 amide bonds. The van der Waals surface area contributed by atoms with Gasteiger partial charge in [0.2, 0.25) is 0 Å². The van der Waals surface area contributed by atoms with Gasteiger partial charge in [-0.1, -0.05) is 38.8 Å². The van der Waals surface area contributed by atoms with Crippen LogP contribution in [0.4, 0.5) is 0 Å². The number of hydrogen-bond acceptors (Lipinski definition) is 17. The van der Waals surface area contributed by atoms with Crippen molar-refractivity contribution in [2.75, 3.05) is 39.6 Å². The molecule has 0 saturated heterocycles. The van der Waals surface area contributed by atoms with Gasteiger partial charge in [-0.2, -0.15) is 0 Å². The second kappa shape index (κ2) is 34.2. The first-order chi connectivity index (χ1) is 39.3. The van der Waals surface area contributed by atoms with Gasteiger partial charge in [-0.05, 0) is 190 Å². The van der Waals surface area contributed by atoms with Crippen LogP contribution in [0.5, 0.6) is 40.2 Å². The third kappa shape index (κ3) is 22.6. The van der Waals surface area contributed by atoms with Gasteiger partial charge < -0.3 is 47.4 Å². The Labute approximate surface area is 470 Å². The fourth-order valence-corrected chi connectivity index (χ4v) is 6.85. The standard InChI is InChI=1S/C35H36O10.C29H28O7/c1-4-32(36)42-22-8-6-20-40-28-14-10-26(11-15-28)34(38)44-30-18-19-31(25(3)24-30)45-35(39)27-12-16-29(17-13-27)41-21-7-9-23-43-33(37)5-2;1-3-21-7-13-25(14-8-21)35-29(32)23-11-17-26(18-12-23)36-28(31)22-9-15-24(16-10-22)33-19-5-6-20-34-27(30)4-2/h4-5,10-19,24H,1-2,6-9,20-23H2,3H3;4,7-18H,2-3,5-6,19-20H2,1H3. The molecule has 0 radical (unpaired) electrons. The summed E-state index contributed by atoms with van der Waals surface area (Å²) in [5.74, 6) is -0.245. The average molecular weight is 1110 g/mol. The van der Waals surface area contributed by atoms with Crippen molar-refractivity contribution in [3.8, 4) is 40.2 Å². The summed E-state index contributed by atoms with van der Waals surface area (Å²) in [4.78, 5) is 83.1. The van der Waals surface area contributed by atoms with E-state index in [2.05, 4.69) is 26.7 Å². The van der Waals surface area contributed by atoms with Gasteiger partial charge in [0, 0.05) is 18.2 Å². The Morgan fingerprint density at radius 2 is 0.642 bits per heavy atom. The second-order valence-corrected chi connectivity index (χ2v) is 17.4. The minimum absolute atomic E-state index is 0.299. The van der Waals surface area contributed by atoms with Gasteiger partial charge in [0.15, 0.2) is 0 Å². The summed E-state index contributed by atoms with van der Waals surface area (Å²) >= 11 is 0. The highest BCUT2D eigenvalue weighted by Gasteiger charge is 2.16. The lowest BCUT2D eigenvalue weighted by molar-refractivity contribution is -0.138. The van der Waals surface area contributed by atoms with Gasteiger partial charge in [0.1, 0.15) is 40.2 Å².